The average molecular weight is 287 g/mol. The minimum atomic E-state index is 0.0293. The SMILES string of the molecule is CC1CCN(c2cncc(C(=O)NC3CCCC3)c2)CC1. The summed E-state index contributed by atoms with van der Waals surface area (Å²) < 4.78 is 0. The number of carbonyl (C=O) groups excluding carboxylic acids is 1. The lowest BCUT2D eigenvalue weighted by Gasteiger charge is -2.32. The molecule has 0 aromatic carbocycles. The van der Waals surface area contributed by atoms with E-state index in [-0.39, 0.29) is 5.91 Å². The van der Waals surface area contributed by atoms with Gasteiger partial charge in [0.1, 0.15) is 0 Å². The highest BCUT2D eigenvalue weighted by molar-refractivity contribution is 5.95. The Labute approximate surface area is 126 Å². The predicted octanol–water partition coefficient (Wildman–Crippen LogP) is 2.99. The number of carbonyl (C=O) groups is 1. The molecule has 0 radical (unpaired) electrons. The lowest BCUT2D eigenvalue weighted by molar-refractivity contribution is 0.0937. The first-order chi connectivity index (χ1) is 10.2. The van der Waals surface area contributed by atoms with E-state index in [1.165, 1.54) is 25.7 Å². The van der Waals surface area contributed by atoms with Gasteiger partial charge in [0.05, 0.1) is 17.4 Å². The quantitative estimate of drug-likeness (QED) is 0.929. The van der Waals surface area contributed by atoms with E-state index >= 15 is 0 Å². The number of amides is 1. The third-order valence-electron chi connectivity index (χ3n) is 4.83. The smallest absolute Gasteiger partial charge is 0.253 e. The molecule has 1 aromatic rings. The zero-order chi connectivity index (χ0) is 14.7. The molecule has 1 aliphatic heterocycles. The van der Waals surface area contributed by atoms with Gasteiger partial charge < -0.3 is 10.2 Å². The zero-order valence-electron chi connectivity index (χ0n) is 12.8. The number of nitrogens with zero attached hydrogens (tertiary/aromatic N) is 2. The van der Waals surface area contributed by atoms with Crippen LogP contribution in [0.4, 0.5) is 5.69 Å². The lowest BCUT2D eigenvalue weighted by atomic mass is 9.99. The number of rotatable bonds is 3. The van der Waals surface area contributed by atoms with Crippen LogP contribution < -0.4 is 10.2 Å². The van der Waals surface area contributed by atoms with Crippen molar-refractivity contribution in [1.29, 1.82) is 0 Å². The fraction of sp³-hybridized carbons (Fsp3) is 0.647. The minimum absolute atomic E-state index is 0.0293. The van der Waals surface area contributed by atoms with E-state index in [0.29, 0.717) is 11.6 Å². The van der Waals surface area contributed by atoms with E-state index in [1.807, 2.05) is 12.3 Å². The molecule has 114 valence electrons. The molecule has 2 heterocycles. The fourth-order valence-electron chi connectivity index (χ4n) is 3.33. The van der Waals surface area contributed by atoms with Gasteiger partial charge in [-0.25, -0.2) is 0 Å². The predicted molar refractivity (Wildman–Crippen MR) is 84.6 cm³/mol. The molecule has 0 spiro atoms. The summed E-state index contributed by atoms with van der Waals surface area (Å²) in [6.45, 7) is 4.44. The van der Waals surface area contributed by atoms with Gasteiger partial charge in [0.25, 0.3) is 5.91 Å². The van der Waals surface area contributed by atoms with Crippen LogP contribution in [0, 0.1) is 5.92 Å². The van der Waals surface area contributed by atoms with Crippen molar-refractivity contribution in [1.82, 2.24) is 10.3 Å². The van der Waals surface area contributed by atoms with Crippen LogP contribution in [0.3, 0.4) is 0 Å². The maximum absolute atomic E-state index is 12.3. The molecular weight excluding hydrogens is 262 g/mol. The molecule has 0 unspecified atom stereocenters. The molecule has 3 rings (SSSR count). The van der Waals surface area contributed by atoms with Crippen LogP contribution in [0.1, 0.15) is 55.8 Å². The highest BCUT2D eigenvalue weighted by Crippen LogP contribution is 2.23. The first kappa shape index (κ1) is 14.4. The third kappa shape index (κ3) is 3.55. The third-order valence-corrected chi connectivity index (χ3v) is 4.83. The largest absolute Gasteiger partial charge is 0.370 e. The van der Waals surface area contributed by atoms with Gasteiger partial charge in [0, 0.05) is 25.3 Å². The van der Waals surface area contributed by atoms with Crippen molar-refractivity contribution in [3.63, 3.8) is 0 Å². The van der Waals surface area contributed by atoms with Crippen LogP contribution in [0.25, 0.3) is 0 Å². The van der Waals surface area contributed by atoms with E-state index < -0.39 is 0 Å². The Bertz CT molecular complexity index is 489. The number of hydrogen-bond acceptors (Lipinski definition) is 3. The van der Waals surface area contributed by atoms with E-state index in [0.717, 1.165) is 37.5 Å². The Morgan fingerprint density at radius 2 is 1.90 bits per heavy atom. The summed E-state index contributed by atoms with van der Waals surface area (Å²) in [5.74, 6) is 0.838. The van der Waals surface area contributed by atoms with E-state index in [1.54, 1.807) is 6.20 Å². The number of aromatic nitrogens is 1. The van der Waals surface area contributed by atoms with Crippen LogP contribution in [-0.2, 0) is 0 Å². The van der Waals surface area contributed by atoms with E-state index in [4.69, 9.17) is 0 Å². The molecule has 2 fully saturated rings. The molecule has 4 nitrogen and oxygen atoms in total. The number of pyridine rings is 1. The molecule has 1 saturated heterocycles. The Balaban J connectivity index is 1.66. The van der Waals surface area contributed by atoms with Crippen molar-refractivity contribution >= 4 is 11.6 Å². The minimum Gasteiger partial charge on any atom is -0.370 e. The molecule has 1 saturated carbocycles. The van der Waals surface area contributed by atoms with Crippen LogP contribution in [0.5, 0.6) is 0 Å². The summed E-state index contributed by atoms with van der Waals surface area (Å²) in [5.41, 5.74) is 1.78. The van der Waals surface area contributed by atoms with Gasteiger partial charge in [-0.2, -0.15) is 0 Å². The van der Waals surface area contributed by atoms with Crippen molar-refractivity contribution in [2.45, 2.75) is 51.5 Å². The Hall–Kier alpha value is -1.58. The Morgan fingerprint density at radius 3 is 2.62 bits per heavy atom. The van der Waals surface area contributed by atoms with Crippen molar-refractivity contribution < 1.29 is 4.79 Å². The summed E-state index contributed by atoms with van der Waals surface area (Å²) in [4.78, 5) is 18.9. The second-order valence-electron chi connectivity index (χ2n) is 6.56. The molecule has 1 N–H and O–H groups in total. The summed E-state index contributed by atoms with van der Waals surface area (Å²) >= 11 is 0. The second kappa shape index (κ2) is 6.46. The van der Waals surface area contributed by atoms with E-state index in [9.17, 15) is 4.79 Å². The monoisotopic (exact) mass is 287 g/mol. The molecule has 1 amide bonds. The number of piperidine rings is 1. The van der Waals surface area contributed by atoms with Crippen molar-refractivity contribution in [2.24, 2.45) is 5.92 Å². The highest BCUT2D eigenvalue weighted by atomic mass is 16.1. The molecule has 1 aromatic heterocycles. The second-order valence-corrected chi connectivity index (χ2v) is 6.56. The van der Waals surface area contributed by atoms with Crippen molar-refractivity contribution in [3.05, 3.63) is 24.0 Å². The molecule has 2 aliphatic rings. The molecule has 1 aliphatic carbocycles. The normalized spacial score (nSPS) is 20.7. The molecule has 0 bridgehead atoms. The average Bonchev–Trinajstić information content (AvgIpc) is 3.01. The van der Waals surface area contributed by atoms with Gasteiger partial charge in [-0.3, -0.25) is 9.78 Å². The maximum atomic E-state index is 12.3. The van der Waals surface area contributed by atoms with Gasteiger partial charge in [-0.05, 0) is 37.7 Å². The first-order valence-electron chi connectivity index (χ1n) is 8.23. The van der Waals surface area contributed by atoms with Crippen LogP contribution >= 0.6 is 0 Å². The van der Waals surface area contributed by atoms with Crippen LogP contribution in [0.2, 0.25) is 0 Å². The molecule has 4 heteroatoms. The Morgan fingerprint density at radius 1 is 1.19 bits per heavy atom. The van der Waals surface area contributed by atoms with Crippen LogP contribution in [0.15, 0.2) is 18.5 Å². The summed E-state index contributed by atoms with van der Waals surface area (Å²) in [6, 6.07) is 2.35. The topological polar surface area (TPSA) is 45.2 Å². The van der Waals surface area contributed by atoms with Gasteiger partial charge >= 0.3 is 0 Å². The van der Waals surface area contributed by atoms with E-state index in [2.05, 4.69) is 22.1 Å². The first-order valence-corrected chi connectivity index (χ1v) is 8.23. The molecular formula is C17H25N3O. The number of anilines is 1. The number of nitrogens with one attached hydrogen (secondary N) is 1. The van der Waals surface area contributed by atoms with Gasteiger partial charge in [0.2, 0.25) is 0 Å². The summed E-state index contributed by atoms with van der Waals surface area (Å²) in [7, 11) is 0. The Kier molecular flexibility index (Phi) is 4.42. The molecule has 0 atom stereocenters. The van der Waals surface area contributed by atoms with Gasteiger partial charge in [-0.15, -0.1) is 0 Å². The van der Waals surface area contributed by atoms with Crippen molar-refractivity contribution in [2.75, 3.05) is 18.0 Å². The van der Waals surface area contributed by atoms with Crippen LogP contribution in [-0.4, -0.2) is 30.0 Å². The van der Waals surface area contributed by atoms with Gasteiger partial charge in [0.15, 0.2) is 0 Å². The molecule has 21 heavy (non-hydrogen) atoms. The standard InChI is InChI=1S/C17H25N3O/c1-13-6-8-20(9-7-13)16-10-14(11-18-12-16)17(21)19-15-4-2-3-5-15/h10-13,15H,2-9H2,1H3,(H,19,21). The zero-order valence-corrected chi connectivity index (χ0v) is 12.8. The van der Waals surface area contributed by atoms with Crippen molar-refractivity contribution in [3.8, 4) is 0 Å². The fourth-order valence-corrected chi connectivity index (χ4v) is 3.33. The summed E-state index contributed by atoms with van der Waals surface area (Å²) in [5, 5.41) is 3.13. The van der Waals surface area contributed by atoms with Gasteiger partial charge in [-0.1, -0.05) is 19.8 Å². The highest BCUT2D eigenvalue weighted by Gasteiger charge is 2.20. The summed E-state index contributed by atoms with van der Waals surface area (Å²) in [6.07, 6.45) is 10.7. The number of hydrogen-bond donors (Lipinski definition) is 1. The maximum Gasteiger partial charge on any atom is 0.253 e. The lowest BCUT2D eigenvalue weighted by Crippen LogP contribution is -2.34.